The molecule has 3 rings (SSSR count). The summed E-state index contributed by atoms with van der Waals surface area (Å²) in [6.07, 6.45) is 0.934. The maximum Gasteiger partial charge on any atom is 0.213 e. The Kier molecular flexibility index (Phi) is 4.44. The van der Waals surface area contributed by atoms with E-state index in [2.05, 4.69) is 16.4 Å². The van der Waals surface area contributed by atoms with Gasteiger partial charge in [-0.05, 0) is 24.1 Å². The number of rotatable bonds is 5. The first kappa shape index (κ1) is 14.7. The number of benzene rings is 1. The molecule has 0 saturated carbocycles. The second-order valence-corrected chi connectivity index (χ2v) is 5.24. The summed E-state index contributed by atoms with van der Waals surface area (Å²) in [6.45, 7) is 1.33. The van der Waals surface area contributed by atoms with E-state index in [1.54, 1.807) is 14.2 Å². The molecule has 0 aliphatic carbocycles. The number of hydrogen-bond donors (Lipinski definition) is 1. The molecular weight excluding hydrogens is 280 g/mol. The number of aromatic nitrogens is 1. The van der Waals surface area contributed by atoms with Crippen LogP contribution in [0, 0.1) is 0 Å². The number of hydrogen-bond acceptors (Lipinski definition) is 5. The molecule has 0 fully saturated rings. The van der Waals surface area contributed by atoms with Crippen LogP contribution in [-0.4, -0.2) is 31.9 Å². The zero-order valence-corrected chi connectivity index (χ0v) is 12.8. The van der Waals surface area contributed by atoms with Gasteiger partial charge in [-0.1, -0.05) is 12.1 Å². The molecule has 1 aromatic carbocycles. The van der Waals surface area contributed by atoms with Crippen molar-refractivity contribution in [1.29, 1.82) is 0 Å². The third kappa shape index (κ3) is 3.31. The Bertz CT molecular complexity index is 646. The second-order valence-electron chi connectivity index (χ2n) is 5.24. The van der Waals surface area contributed by atoms with Crippen molar-refractivity contribution in [2.75, 3.05) is 20.8 Å². The molecule has 2 aromatic rings. The van der Waals surface area contributed by atoms with Gasteiger partial charge < -0.3 is 19.5 Å². The molecule has 0 spiro atoms. The average Bonchev–Trinajstić information content (AvgIpc) is 2.59. The minimum absolute atomic E-state index is 0.272. The molecule has 1 aliphatic rings. The molecule has 5 heteroatoms. The van der Waals surface area contributed by atoms with Gasteiger partial charge >= 0.3 is 0 Å². The fourth-order valence-electron chi connectivity index (χ4n) is 2.53. The van der Waals surface area contributed by atoms with E-state index in [1.165, 1.54) is 5.56 Å². The highest BCUT2D eigenvalue weighted by Crippen LogP contribution is 2.29. The highest BCUT2D eigenvalue weighted by Gasteiger charge is 2.20. The molecule has 0 amide bonds. The summed E-state index contributed by atoms with van der Waals surface area (Å²) in [7, 11) is 3.29. The van der Waals surface area contributed by atoms with Crippen LogP contribution in [0.1, 0.15) is 11.3 Å². The number of pyridine rings is 1. The molecule has 1 atom stereocenters. The van der Waals surface area contributed by atoms with Gasteiger partial charge in [-0.3, -0.25) is 0 Å². The summed E-state index contributed by atoms with van der Waals surface area (Å²) in [5.74, 6) is 2.37. The van der Waals surface area contributed by atoms with E-state index in [4.69, 9.17) is 14.2 Å². The Hall–Kier alpha value is -2.27. The Morgan fingerprint density at radius 2 is 2.14 bits per heavy atom. The lowest BCUT2D eigenvalue weighted by Gasteiger charge is -2.26. The van der Waals surface area contributed by atoms with Gasteiger partial charge in [0.05, 0.1) is 19.9 Å². The van der Waals surface area contributed by atoms with E-state index < -0.39 is 0 Å². The molecule has 1 aliphatic heterocycles. The number of methoxy groups -OCH3 is 2. The number of nitrogens with zero attached hydrogens (tertiary/aromatic N) is 1. The first-order valence-electron chi connectivity index (χ1n) is 7.31. The molecule has 22 heavy (non-hydrogen) atoms. The number of fused-ring (bicyclic) bond motifs is 1. The molecule has 1 aromatic heterocycles. The van der Waals surface area contributed by atoms with E-state index in [0.29, 0.717) is 19.0 Å². The number of ether oxygens (including phenoxy) is 3. The summed E-state index contributed by atoms with van der Waals surface area (Å²) in [4.78, 5) is 4.40. The Balaban J connectivity index is 1.60. The van der Waals surface area contributed by atoms with Crippen LogP contribution < -0.4 is 19.5 Å². The van der Waals surface area contributed by atoms with Crippen LogP contribution in [0.2, 0.25) is 0 Å². The normalized spacial score (nSPS) is 16.5. The van der Waals surface area contributed by atoms with Crippen LogP contribution in [0.15, 0.2) is 36.4 Å². The van der Waals surface area contributed by atoms with Gasteiger partial charge in [-0.2, -0.15) is 0 Å². The van der Waals surface area contributed by atoms with Gasteiger partial charge in [-0.25, -0.2) is 4.98 Å². The Morgan fingerprint density at radius 3 is 2.95 bits per heavy atom. The minimum Gasteiger partial charge on any atom is -0.497 e. The highest BCUT2D eigenvalue weighted by molar-refractivity contribution is 5.42. The van der Waals surface area contributed by atoms with Crippen LogP contribution >= 0.6 is 0 Å². The summed E-state index contributed by atoms with van der Waals surface area (Å²) < 4.78 is 16.2. The maximum atomic E-state index is 5.82. The number of nitrogens with one attached hydrogen (secondary N) is 1. The standard InChI is InChI=1S/C17H20N2O3/c1-20-15-7-6-12-8-14(11-22-16(12)9-15)18-10-13-4-3-5-17(19-13)21-2/h3-7,9,14,18H,8,10-11H2,1-2H3/t14-/m1/s1. The van der Waals surface area contributed by atoms with E-state index in [9.17, 15) is 0 Å². The quantitative estimate of drug-likeness (QED) is 0.917. The van der Waals surface area contributed by atoms with Crippen LogP contribution in [0.4, 0.5) is 0 Å². The van der Waals surface area contributed by atoms with Crippen LogP contribution in [0.3, 0.4) is 0 Å². The van der Waals surface area contributed by atoms with Gasteiger partial charge in [0.15, 0.2) is 0 Å². The van der Waals surface area contributed by atoms with Crippen molar-refractivity contribution in [3.8, 4) is 17.4 Å². The van der Waals surface area contributed by atoms with Crippen LogP contribution in [-0.2, 0) is 13.0 Å². The van der Waals surface area contributed by atoms with Gasteiger partial charge in [0.1, 0.15) is 18.1 Å². The van der Waals surface area contributed by atoms with Crippen LogP contribution in [0.5, 0.6) is 17.4 Å². The van der Waals surface area contributed by atoms with Gasteiger partial charge in [0, 0.05) is 24.7 Å². The first-order chi connectivity index (χ1) is 10.8. The Labute approximate surface area is 130 Å². The highest BCUT2D eigenvalue weighted by atomic mass is 16.5. The zero-order valence-electron chi connectivity index (χ0n) is 12.8. The predicted molar refractivity (Wildman–Crippen MR) is 83.6 cm³/mol. The Morgan fingerprint density at radius 1 is 1.23 bits per heavy atom. The molecule has 5 nitrogen and oxygen atoms in total. The zero-order chi connectivity index (χ0) is 15.4. The van der Waals surface area contributed by atoms with Crippen molar-refractivity contribution in [3.05, 3.63) is 47.7 Å². The molecule has 2 heterocycles. The third-order valence-corrected chi connectivity index (χ3v) is 3.74. The average molecular weight is 300 g/mol. The summed E-state index contributed by atoms with van der Waals surface area (Å²) in [6, 6.07) is 12.0. The largest absolute Gasteiger partial charge is 0.497 e. The smallest absolute Gasteiger partial charge is 0.213 e. The van der Waals surface area contributed by atoms with Crippen molar-refractivity contribution in [1.82, 2.24) is 10.3 Å². The minimum atomic E-state index is 0.272. The predicted octanol–water partition coefficient (Wildman–Crippen LogP) is 2.19. The lowest BCUT2D eigenvalue weighted by Crippen LogP contribution is -2.39. The van der Waals surface area contributed by atoms with Crippen molar-refractivity contribution in [3.63, 3.8) is 0 Å². The van der Waals surface area contributed by atoms with E-state index in [-0.39, 0.29) is 6.04 Å². The molecule has 0 saturated heterocycles. The molecular formula is C17H20N2O3. The fraction of sp³-hybridized carbons (Fsp3) is 0.353. The SMILES string of the molecule is COc1ccc2c(c1)OC[C@H](NCc1cccc(OC)n1)C2. The molecule has 0 radical (unpaired) electrons. The van der Waals surface area contributed by atoms with E-state index in [1.807, 2.05) is 30.3 Å². The lowest BCUT2D eigenvalue weighted by atomic mass is 10.0. The first-order valence-corrected chi connectivity index (χ1v) is 7.31. The summed E-state index contributed by atoms with van der Waals surface area (Å²) >= 11 is 0. The van der Waals surface area contributed by atoms with E-state index >= 15 is 0 Å². The van der Waals surface area contributed by atoms with Crippen molar-refractivity contribution < 1.29 is 14.2 Å². The van der Waals surface area contributed by atoms with Gasteiger partial charge in [0.25, 0.3) is 0 Å². The molecule has 116 valence electrons. The summed E-state index contributed by atoms with van der Waals surface area (Å²) in [5.41, 5.74) is 2.16. The fourth-order valence-corrected chi connectivity index (χ4v) is 2.53. The van der Waals surface area contributed by atoms with Crippen molar-refractivity contribution in [2.45, 2.75) is 19.0 Å². The van der Waals surface area contributed by atoms with Crippen molar-refractivity contribution in [2.24, 2.45) is 0 Å². The van der Waals surface area contributed by atoms with E-state index in [0.717, 1.165) is 23.6 Å². The lowest BCUT2D eigenvalue weighted by molar-refractivity contribution is 0.236. The monoisotopic (exact) mass is 300 g/mol. The van der Waals surface area contributed by atoms with Crippen LogP contribution in [0.25, 0.3) is 0 Å². The van der Waals surface area contributed by atoms with Crippen molar-refractivity contribution >= 4 is 0 Å². The van der Waals surface area contributed by atoms with Gasteiger partial charge in [0.2, 0.25) is 5.88 Å². The second kappa shape index (κ2) is 6.66. The summed E-state index contributed by atoms with van der Waals surface area (Å²) in [5, 5.41) is 3.48. The maximum absolute atomic E-state index is 5.82. The molecule has 0 bridgehead atoms. The van der Waals surface area contributed by atoms with Gasteiger partial charge in [-0.15, -0.1) is 0 Å². The topological polar surface area (TPSA) is 52.6 Å². The third-order valence-electron chi connectivity index (χ3n) is 3.74. The molecule has 1 N–H and O–H groups in total. The molecule has 0 unspecified atom stereocenters.